The lowest BCUT2D eigenvalue weighted by Gasteiger charge is -2.33. The van der Waals surface area contributed by atoms with Gasteiger partial charge >= 0.3 is 6.09 Å². The van der Waals surface area contributed by atoms with Crippen molar-refractivity contribution in [2.75, 3.05) is 13.7 Å². The zero-order valence-corrected chi connectivity index (χ0v) is 15.6. The SMILES string of the molecule is COc1cccc2c1nc(C(N)CCCN(C(=O)O)C(C)(C)C)n2C. The zero-order chi connectivity index (χ0) is 18.8. The van der Waals surface area contributed by atoms with Crippen molar-refractivity contribution in [3.05, 3.63) is 24.0 Å². The lowest BCUT2D eigenvalue weighted by molar-refractivity contribution is 0.0986. The number of rotatable bonds is 6. The van der Waals surface area contributed by atoms with Crippen LogP contribution in [0.1, 0.15) is 45.5 Å². The van der Waals surface area contributed by atoms with Gasteiger partial charge in [-0.05, 0) is 45.7 Å². The minimum Gasteiger partial charge on any atom is -0.494 e. The number of hydrogen-bond acceptors (Lipinski definition) is 4. The summed E-state index contributed by atoms with van der Waals surface area (Å²) < 4.78 is 7.34. The number of aromatic nitrogens is 2. The quantitative estimate of drug-likeness (QED) is 0.836. The van der Waals surface area contributed by atoms with Crippen molar-refractivity contribution >= 4 is 17.1 Å². The van der Waals surface area contributed by atoms with Gasteiger partial charge in [0.05, 0.1) is 18.7 Å². The normalized spacial score (nSPS) is 13.0. The first-order valence-electron chi connectivity index (χ1n) is 8.42. The fourth-order valence-electron chi connectivity index (χ4n) is 3.02. The number of aryl methyl sites for hydroxylation is 1. The highest BCUT2D eigenvalue weighted by Gasteiger charge is 2.26. The van der Waals surface area contributed by atoms with Gasteiger partial charge in [-0.2, -0.15) is 0 Å². The molecule has 0 saturated heterocycles. The predicted molar refractivity (Wildman–Crippen MR) is 97.9 cm³/mol. The minimum atomic E-state index is -0.909. The monoisotopic (exact) mass is 348 g/mol. The van der Waals surface area contributed by atoms with Crippen molar-refractivity contribution in [1.29, 1.82) is 0 Å². The van der Waals surface area contributed by atoms with Crippen molar-refractivity contribution in [1.82, 2.24) is 14.5 Å². The zero-order valence-electron chi connectivity index (χ0n) is 15.6. The highest BCUT2D eigenvalue weighted by atomic mass is 16.5. The predicted octanol–water partition coefficient (Wildman–Crippen LogP) is 3.14. The maximum atomic E-state index is 11.4. The summed E-state index contributed by atoms with van der Waals surface area (Å²) in [6.45, 7) is 6.11. The van der Waals surface area contributed by atoms with Crippen molar-refractivity contribution < 1.29 is 14.6 Å². The standard InChI is InChI=1S/C18H28N4O3/c1-18(2,3)22(17(23)24)11-7-8-12(19)16-20-15-13(21(16)4)9-6-10-14(15)25-5/h6,9-10,12H,7-8,11,19H2,1-5H3,(H,23,24). The molecular weight excluding hydrogens is 320 g/mol. The summed E-state index contributed by atoms with van der Waals surface area (Å²) >= 11 is 0. The molecule has 1 atom stereocenters. The van der Waals surface area contributed by atoms with E-state index in [-0.39, 0.29) is 6.04 Å². The summed E-state index contributed by atoms with van der Waals surface area (Å²) in [6, 6.07) is 5.51. The second kappa shape index (κ2) is 7.31. The van der Waals surface area contributed by atoms with Crippen LogP contribution < -0.4 is 10.5 Å². The van der Waals surface area contributed by atoms with Gasteiger partial charge in [0.25, 0.3) is 0 Å². The number of imidazole rings is 1. The van der Waals surface area contributed by atoms with E-state index in [2.05, 4.69) is 4.98 Å². The Morgan fingerprint density at radius 1 is 1.44 bits per heavy atom. The van der Waals surface area contributed by atoms with Gasteiger partial charge in [0.15, 0.2) is 0 Å². The van der Waals surface area contributed by atoms with Gasteiger partial charge in [0.1, 0.15) is 17.1 Å². The number of benzene rings is 1. The Balaban J connectivity index is 2.11. The van der Waals surface area contributed by atoms with Crippen molar-refractivity contribution in [2.45, 2.75) is 45.2 Å². The summed E-state index contributed by atoms with van der Waals surface area (Å²) in [5, 5.41) is 9.35. The number of nitrogens with zero attached hydrogens (tertiary/aromatic N) is 3. The molecule has 25 heavy (non-hydrogen) atoms. The molecule has 1 amide bonds. The summed E-state index contributed by atoms with van der Waals surface area (Å²) in [7, 11) is 3.55. The topological polar surface area (TPSA) is 93.6 Å². The third-order valence-electron chi connectivity index (χ3n) is 4.40. The Morgan fingerprint density at radius 3 is 2.68 bits per heavy atom. The van der Waals surface area contributed by atoms with Crippen LogP contribution in [-0.4, -0.2) is 44.8 Å². The van der Waals surface area contributed by atoms with Gasteiger partial charge in [0, 0.05) is 19.1 Å². The van der Waals surface area contributed by atoms with Crippen LogP contribution in [0.15, 0.2) is 18.2 Å². The molecule has 1 aromatic carbocycles. The summed E-state index contributed by atoms with van der Waals surface area (Å²) in [5.74, 6) is 1.49. The number of ether oxygens (including phenoxy) is 1. The molecular formula is C18H28N4O3. The van der Waals surface area contributed by atoms with Gasteiger partial charge in [-0.1, -0.05) is 6.07 Å². The highest BCUT2D eigenvalue weighted by Crippen LogP contribution is 2.28. The lowest BCUT2D eigenvalue weighted by Crippen LogP contribution is -2.45. The average Bonchev–Trinajstić information content (AvgIpc) is 2.87. The van der Waals surface area contributed by atoms with Crippen LogP contribution in [0.2, 0.25) is 0 Å². The molecule has 1 aromatic heterocycles. The minimum absolute atomic E-state index is 0.266. The largest absolute Gasteiger partial charge is 0.494 e. The Kier molecular flexibility index (Phi) is 5.57. The molecule has 0 saturated carbocycles. The smallest absolute Gasteiger partial charge is 0.407 e. The number of nitrogens with two attached hydrogens (primary N) is 1. The van der Waals surface area contributed by atoms with Gasteiger partial charge < -0.3 is 25.0 Å². The summed E-state index contributed by atoms with van der Waals surface area (Å²) in [4.78, 5) is 17.5. The number of amides is 1. The molecule has 2 rings (SSSR count). The third kappa shape index (κ3) is 4.04. The van der Waals surface area contributed by atoms with Crippen LogP contribution in [0.5, 0.6) is 5.75 Å². The van der Waals surface area contributed by atoms with E-state index in [1.807, 2.05) is 50.6 Å². The molecule has 0 aliphatic heterocycles. The maximum absolute atomic E-state index is 11.4. The molecule has 0 bridgehead atoms. The number of methoxy groups -OCH3 is 1. The Hall–Kier alpha value is -2.28. The average molecular weight is 348 g/mol. The second-order valence-corrected chi connectivity index (χ2v) is 7.21. The maximum Gasteiger partial charge on any atom is 0.407 e. The molecule has 0 spiro atoms. The number of carbonyl (C=O) groups is 1. The summed E-state index contributed by atoms with van der Waals surface area (Å²) in [5.41, 5.74) is 7.66. The molecule has 7 nitrogen and oxygen atoms in total. The molecule has 2 aromatic rings. The van der Waals surface area contributed by atoms with E-state index in [0.717, 1.165) is 22.6 Å². The number of para-hydroxylation sites is 1. The molecule has 138 valence electrons. The van der Waals surface area contributed by atoms with Crippen LogP contribution in [0, 0.1) is 0 Å². The number of fused-ring (bicyclic) bond motifs is 1. The lowest BCUT2D eigenvalue weighted by atomic mass is 10.1. The first-order chi connectivity index (χ1) is 11.7. The van der Waals surface area contributed by atoms with Crippen LogP contribution in [0.3, 0.4) is 0 Å². The number of hydrogen-bond donors (Lipinski definition) is 2. The van der Waals surface area contributed by atoms with E-state index in [1.165, 1.54) is 4.90 Å². The first-order valence-corrected chi connectivity index (χ1v) is 8.42. The van der Waals surface area contributed by atoms with Gasteiger partial charge in [-0.3, -0.25) is 0 Å². The number of carboxylic acid groups (broad SMARTS) is 1. The fourth-order valence-corrected chi connectivity index (χ4v) is 3.02. The van der Waals surface area contributed by atoms with Crippen molar-refractivity contribution in [3.63, 3.8) is 0 Å². The van der Waals surface area contributed by atoms with E-state index in [1.54, 1.807) is 7.11 Å². The molecule has 0 aliphatic rings. The van der Waals surface area contributed by atoms with E-state index in [9.17, 15) is 9.90 Å². The Bertz CT molecular complexity index is 749. The fraction of sp³-hybridized carbons (Fsp3) is 0.556. The molecule has 0 radical (unpaired) electrons. The molecule has 1 heterocycles. The first kappa shape index (κ1) is 19.1. The van der Waals surface area contributed by atoms with Gasteiger partial charge in [-0.15, -0.1) is 0 Å². The van der Waals surface area contributed by atoms with E-state index in [4.69, 9.17) is 10.5 Å². The highest BCUT2D eigenvalue weighted by molar-refractivity contribution is 5.82. The second-order valence-electron chi connectivity index (χ2n) is 7.21. The van der Waals surface area contributed by atoms with Crippen LogP contribution in [0.25, 0.3) is 11.0 Å². The third-order valence-corrected chi connectivity index (χ3v) is 4.40. The van der Waals surface area contributed by atoms with E-state index >= 15 is 0 Å². The Labute approximate surface area is 148 Å². The molecule has 7 heteroatoms. The van der Waals surface area contributed by atoms with Gasteiger partial charge in [0.2, 0.25) is 0 Å². The Morgan fingerprint density at radius 2 is 2.12 bits per heavy atom. The summed E-state index contributed by atoms with van der Waals surface area (Å²) in [6.07, 6.45) is 0.415. The molecule has 0 aliphatic carbocycles. The van der Waals surface area contributed by atoms with Crippen LogP contribution in [-0.2, 0) is 7.05 Å². The molecule has 3 N–H and O–H groups in total. The van der Waals surface area contributed by atoms with Crippen molar-refractivity contribution in [2.24, 2.45) is 12.8 Å². The van der Waals surface area contributed by atoms with E-state index in [0.29, 0.717) is 19.4 Å². The molecule has 1 unspecified atom stereocenters. The van der Waals surface area contributed by atoms with Crippen LogP contribution in [0.4, 0.5) is 4.79 Å². The van der Waals surface area contributed by atoms with Crippen LogP contribution >= 0.6 is 0 Å². The molecule has 0 fully saturated rings. The van der Waals surface area contributed by atoms with Crippen molar-refractivity contribution in [3.8, 4) is 5.75 Å². The van der Waals surface area contributed by atoms with Gasteiger partial charge in [-0.25, -0.2) is 9.78 Å². The van der Waals surface area contributed by atoms with E-state index < -0.39 is 11.6 Å².